The van der Waals surface area contributed by atoms with Gasteiger partial charge in [0.1, 0.15) is 5.56 Å². The van der Waals surface area contributed by atoms with Crippen molar-refractivity contribution >= 4 is 11.9 Å². The Hall–Kier alpha value is -4.20. The molecule has 0 bridgehead atoms. The first-order valence-corrected chi connectivity index (χ1v) is 10.8. The number of ether oxygens (including phenoxy) is 4. The van der Waals surface area contributed by atoms with Gasteiger partial charge >= 0.3 is 5.97 Å². The number of rotatable bonds is 10. The summed E-state index contributed by atoms with van der Waals surface area (Å²) in [4.78, 5) is 26.5. The first-order chi connectivity index (χ1) is 16.5. The molecule has 0 spiro atoms. The molecule has 8 heteroatoms. The fourth-order valence-corrected chi connectivity index (χ4v) is 3.68. The first kappa shape index (κ1) is 23.0. The van der Waals surface area contributed by atoms with Crippen molar-refractivity contribution in [1.29, 1.82) is 0 Å². The van der Waals surface area contributed by atoms with Crippen molar-refractivity contribution in [2.45, 2.75) is 13.0 Å². The van der Waals surface area contributed by atoms with E-state index >= 15 is 0 Å². The number of aromatic carboxylic acids is 1. The van der Waals surface area contributed by atoms with Crippen LogP contribution in [0.15, 0.2) is 66.7 Å². The van der Waals surface area contributed by atoms with E-state index in [4.69, 9.17) is 18.9 Å². The van der Waals surface area contributed by atoms with Crippen LogP contribution in [-0.2, 0) is 17.8 Å². The summed E-state index contributed by atoms with van der Waals surface area (Å²) in [5.41, 5.74) is 1.91. The molecule has 1 heterocycles. The minimum atomic E-state index is -1.16. The monoisotopic (exact) mass is 463 g/mol. The molecule has 176 valence electrons. The van der Waals surface area contributed by atoms with Gasteiger partial charge in [-0.3, -0.25) is 4.79 Å². The summed E-state index contributed by atoms with van der Waals surface area (Å²) in [6.07, 6.45) is 0.659. The lowest BCUT2D eigenvalue weighted by Crippen LogP contribution is -2.36. The average Bonchev–Trinajstić information content (AvgIpc) is 3.33. The molecule has 0 unspecified atom stereocenters. The highest BCUT2D eigenvalue weighted by atomic mass is 16.7. The fraction of sp³-hybridized carbons (Fsp3) is 0.231. The molecule has 1 N–H and O–H groups in total. The van der Waals surface area contributed by atoms with Crippen LogP contribution in [0, 0.1) is 0 Å². The second-order valence-electron chi connectivity index (χ2n) is 7.67. The van der Waals surface area contributed by atoms with Crippen LogP contribution in [0.2, 0.25) is 0 Å². The van der Waals surface area contributed by atoms with E-state index in [-0.39, 0.29) is 36.4 Å². The molecule has 4 rings (SSSR count). The second kappa shape index (κ2) is 10.6. The Balaban J connectivity index is 1.51. The highest BCUT2D eigenvalue weighted by Gasteiger charge is 2.21. The van der Waals surface area contributed by atoms with Gasteiger partial charge in [-0.15, -0.1) is 0 Å². The van der Waals surface area contributed by atoms with Crippen molar-refractivity contribution in [3.05, 3.63) is 83.4 Å². The van der Waals surface area contributed by atoms with E-state index < -0.39 is 5.97 Å². The van der Waals surface area contributed by atoms with Gasteiger partial charge in [-0.1, -0.05) is 42.5 Å². The van der Waals surface area contributed by atoms with Gasteiger partial charge in [0.05, 0.1) is 7.11 Å². The number of benzene rings is 3. The summed E-state index contributed by atoms with van der Waals surface area (Å²) >= 11 is 0. The minimum Gasteiger partial charge on any atom is -0.493 e. The number of para-hydroxylation sites is 1. The highest BCUT2D eigenvalue weighted by Crippen LogP contribution is 2.33. The molecule has 0 saturated carbocycles. The third-order valence-corrected chi connectivity index (χ3v) is 5.45. The Bertz CT molecular complexity index is 1160. The van der Waals surface area contributed by atoms with Gasteiger partial charge in [0.25, 0.3) is 5.91 Å². The maximum atomic E-state index is 13.2. The number of hydrogen-bond acceptors (Lipinski definition) is 6. The number of carboxylic acid groups (broad SMARTS) is 1. The molecule has 34 heavy (non-hydrogen) atoms. The van der Waals surface area contributed by atoms with Crippen LogP contribution in [0.25, 0.3) is 0 Å². The van der Waals surface area contributed by atoms with Gasteiger partial charge in [0.2, 0.25) is 6.79 Å². The lowest BCUT2D eigenvalue weighted by Gasteiger charge is -2.24. The van der Waals surface area contributed by atoms with E-state index in [1.54, 1.807) is 17.0 Å². The molecule has 0 fully saturated rings. The topological polar surface area (TPSA) is 94.5 Å². The van der Waals surface area contributed by atoms with Crippen LogP contribution >= 0.6 is 0 Å². The van der Waals surface area contributed by atoms with Crippen molar-refractivity contribution in [3.8, 4) is 23.0 Å². The summed E-state index contributed by atoms with van der Waals surface area (Å²) in [7, 11) is 1.42. The van der Waals surface area contributed by atoms with Gasteiger partial charge in [0.15, 0.2) is 29.6 Å². The molecule has 0 aliphatic carbocycles. The second-order valence-corrected chi connectivity index (χ2v) is 7.67. The number of carboxylic acids is 1. The van der Waals surface area contributed by atoms with Gasteiger partial charge in [0, 0.05) is 13.1 Å². The standard InChI is InChI=1S/C26H25NO7/c1-31-22-9-5-8-20(26(29)30)25(22)32-16-24(28)27(13-12-18-6-3-2-4-7-18)15-19-10-11-21-23(14-19)34-17-33-21/h2-11,14H,12-13,15-17H2,1H3,(H,29,30). The van der Waals surface area contributed by atoms with Crippen LogP contribution < -0.4 is 18.9 Å². The van der Waals surface area contributed by atoms with Crippen LogP contribution in [0.3, 0.4) is 0 Å². The smallest absolute Gasteiger partial charge is 0.339 e. The quantitative estimate of drug-likeness (QED) is 0.489. The predicted octanol–water partition coefficient (Wildman–Crippen LogP) is 3.77. The van der Waals surface area contributed by atoms with E-state index in [1.807, 2.05) is 48.5 Å². The number of methoxy groups -OCH3 is 1. The molecule has 0 aromatic heterocycles. The molecule has 8 nitrogen and oxygen atoms in total. The first-order valence-electron chi connectivity index (χ1n) is 10.8. The molecule has 1 aliphatic heterocycles. The Morgan fingerprint density at radius 1 is 0.971 bits per heavy atom. The maximum Gasteiger partial charge on any atom is 0.339 e. The lowest BCUT2D eigenvalue weighted by atomic mass is 10.1. The summed E-state index contributed by atoms with van der Waals surface area (Å²) in [5, 5.41) is 9.49. The number of carbonyl (C=O) groups excluding carboxylic acids is 1. The largest absolute Gasteiger partial charge is 0.493 e. The number of amides is 1. The molecule has 3 aromatic rings. The molecule has 1 aliphatic rings. The summed E-state index contributed by atoms with van der Waals surface area (Å²) in [6, 6.07) is 20.0. The van der Waals surface area contributed by atoms with Crippen molar-refractivity contribution in [3.63, 3.8) is 0 Å². The Kier molecular flexibility index (Phi) is 7.17. The van der Waals surface area contributed by atoms with Gasteiger partial charge in [-0.05, 0) is 41.8 Å². The third kappa shape index (κ3) is 5.40. The number of hydrogen-bond donors (Lipinski definition) is 1. The van der Waals surface area contributed by atoms with Gasteiger partial charge in [-0.25, -0.2) is 4.79 Å². The number of fused-ring (bicyclic) bond motifs is 1. The van der Waals surface area contributed by atoms with Crippen LogP contribution in [0.4, 0.5) is 0 Å². The summed E-state index contributed by atoms with van der Waals surface area (Å²) in [6.45, 7) is 0.635. The van der Waals surface area contributed by atoms with Crippen molar-refractivity contribution in [1.82, 2.24) is 4.90 Å². The zero-order valence-corrected chi connectivity index (χ0v) is 18.7. The highest BCUT2D eigenvalue weighted by molar-refractivity contribution is 5.92. The van der Waals surface area contributed by atoms with E-state index in [2.05, 4.69) is 0 Å². The number of carbonyl (C=O) groups is 2. The lowest BCUT2D eigenvalue weighted by molar-refractivity contribution is -0.134. The van der Waals surface area contributed by atoms with E-state index in [0.717, 1.165) is 11.1 Å². The van der Waals surface area contributed by atoms with E-state index in [1.165, 1.54) is 13.2 Å². The normalized spacial score (nSPS) is 11.7. The summed E-state index contributed by atoms with van der Waals surface area (Å²) in [5.74, 6) is 0.144. The Morgan fingerprint density at radius 2 is 1.76 bits per heavy atom. The van der Waals surface area contributed by atoms with E-state index in [9.17, 15) is 14.7 Å². The maximum absolute atomic E-state index is 13.2. The third-order valence-electron chi connectivity index (χ3n) is 5.45. The zero-order valence-electron chi connectivity index (χ0n) is 18.7. The summed E-state index contributed by atoms with van der Waals surface area (Å²) < 4.78 is 21.7. The molecule has 3 aromatic carbocycles. The van der Waals surface area contributed by atoms with Gasteiger partial charge < -0.3 is 29.0 Å². The van der Waals surface area contributed by atoms with Crippen LogP contribution in [0.1, 0.15) is 21.5 Å². The molecule has 0 radical (unpaired) electrons. The molecule has 0 atom stereocenters. The Labute approximate surface area is 197 Å². The predicted molar refractivity (Wildman–Crippen MR) is 124 cm³/mol. The molecule has 0 saturated heterocycles. The average molecular weight is 463 g/mol. The molecular weight excluding hydrogens is 438 g/mol. The Morgan fingerprint density at radius 3 is 2.53 bits per heavy atom. The molecular formula is C26H25NO7. The molecule has 1 amide bonds. The van der Waals surface area contributed by atoms with E-state index in [0.29, 0.717) is 31.0 Å². The SMILES string of the molecule is COc1cccc(C(=O)O)c1OCC(=O)N(CCc1ccccc1)Cc1ccc2c(c1)OCO2. The van der Waals surface area contributed by atoms with Crippen molar-refractivity contribution < 1.29 is 33.6 Å². The van der Waals surface area contributed by atoms with Crippen molar-refractivity contribution in [2.75, 3.05) is 27.1 Å². The fourth-order valence-electron chi connectivity index (χ4n) is 3.68. The van der Waals surface area contributed by atoms with Crippen LogP contribution in [-0.4, -0.2) is 48.9 Å². The van der Waals surface area contributed by atoms with Crippen LogP contribution in [0.5, 0.6) is 23.0 Å². The van der Waals surface area contributed by atoms with Crippen molar-refractivity contribution in [2.24, 2.45) is 0 Å². The minimum absolute atomic E-state index is 0.0249. The zero-order chi connectivity index (χ0) is 23.9. The number of nitrogens with zero attached hydrogens (tertiary/aromatic N) is 1. The van der Waals surface area contributed by atoms with Gasteiger partial charge in [-0.2, -0.15) is 0 Å².